The minimum atomic E-state index is -0.456. The Labute approximate surface area is 209 Å². The number of fused-ring (bicyclic) bond motifs is 1. The predicted octanol–water partition coefficient (Wildman–Crippen LogP) is 2.87. The van der Waals surface area contributed by atoms with Crippen LogP contribution in [-0.4, -0.2) is 53.0 Å². The van der Waals surface area contributed by atoms with E-state index >= 15 is 0 Å². The summed E-state index contributed by atoms with van der Waals surface area (Å²) in [5.74, 6) is 0.774. The summed E-state index contributed by atoms with van der Waals surface area (Å²) in [5, 5.41) is 0.537. The summed E-state index contributed by atoms with van der Waals surface area (Å²) in [7, 11) is 0. The van der Waals surface area contributed by atoms with Gasteiger partial charge in [0.05, 0.1) is 11.2 Å². The second-order valence-electron chi connectivity index (χ2n) is 9.00. The van der Waals surface area contributed by atoms with Gasteiger partial charge in [-0.15, -0.1) is 0 Å². The van der Waals surface area contributed by atoms with Crippen LogP contribution in [-0.2, 0) is 9.59 Å². The maximum Gasteiger partial charge on any atom is 0.257 e. The Morgan fingerprint density at radius 2 is 1.97 bits per heavy atom. The van der Waals surface area contributed by atoms with Crippen molar-refractivity contribution >= 4 is 29.0 Å². The highest BCUT2D eigenvalue weighted by atomic mass is 35.5. The summed E-state index contributed by atoms with van der Waals surface area (Å²) in [5.41, 5.74) is 14.0. The molecule has 4 atom stereocenters. The molecule has 0 aliphatic carbocycles. The number of para-hydroxylation sites is 1. The van der Waals surface area contributed by atoms with Crippen LogP contribution in [0.5, 0.6) is 11.5 Å². The van der Waals surface area contributed by atoms with E-state index in [1.807, 2.05) is 48.7 Å². The Balaban J connectivity index is 1.43. The van der Waals surface area contributed by atoms with Crippen molar-refractivity contribution in [3.63, 3.8) is 0 Å². The lowest BCUT2D eigenvalue weighted by atomic mass is 9.86. The van der Waals surface area contributed by atoms with E-state index in [2.05, 4.69) is 22.3 Å². The highest BCUT2D eigenvalue weighted by Gasteiger charge is 2.49. The van der Waals surface area contributed by atoms with Crippen LogP contribution < -0.4 is 21.3 Å². The van der Waals surface area contributed by atoms with E-state index in [1.165, 1.54) is 6.08 Å². The number of amides is 2. The number of halogens is 1. The molecule has 2 amide bonds. The number of carbonyl (C=O) groups is 2. The van der Waals surface area contributed by atoms with Crippen molar-refractivity contribution in [2.75, 3.05) is 13.1 Å². The van der Waals surface area contributed by atoms with Gasteiger partial charge in [0, 0.05) is 31.2 Å². The monoisotopic (exact) mass is 493 g/mol. The molecule has 35 heavy (non-hydrogen) atoms. The van der Waals surface area contributed by atoms with Crippen LogP contribution in [0, 0.1) is 5.92 Å². The van der Waals surface area contributed by atoms with Crippen molar-refractivity contribution in [3.8, 4) is 11.5 Å². The number of hydrogen-bond acceptors (Lipinski definition) is 6. The number of hydrazine groups is 1. The molecule has 8 nitrogen and oxygen atoms in total. The normalized spacial score (nSPS) is 26.0. The van der Waals surface area contributed by atoms with Crippen LogP contribution >= 0.6 is 11.6 Å². The summed E-state index contributed by atoms with van der Waals surface area (Å²) in [4.78, 5) is 29.1. The molecule has 5 rings (SSSR count). The second-order valence-corrected chi connectivity index (χ2v) is 9.41. The SMILES string of the molecule is C=CC(=O)N1CCC[C@@H](N2C=C(c3ccc(Oc4ccccc4Cl)cc3)C3C(N)NNC(=O)C32)C1. The number of nitrogens with zero attached hydrogens (tertiary/aromatic N) is 2. The first kappa shape index (κ1) is 23.4. The average Bonchev–Trinajstić information content (AvgIpc) is 3.30. The lowest BCUT2D eigenvalue weighted by Crippen LogP contribution is -2.67. The van der Waals surface area contributed by atoms with Gasteiger partial charge >= 0.3 is 0 Å². The molecular formula is C26H28ClN5O3. The highest BCUT2D eigenvalue weighted by molar-refractivity contribution is 6.32. The predicted molar refractivity (Wildman–Crippen MR) is 134 cm³/mol. The van der Waals surface area contributed by atoms with E-state index in [1.54, 1.807) is 11.0 Å². The lowest BCUT2D eigenvalue weighted by molar-refractivity contribution is -0.132. The molecule has 0 aromatic heterocycles. The Hall–Kier alpha value is -3.33. The summed E-state index contributed by atoms with van der Waals surface area (Å²) in [6.07, 6.45) is 4.67. The van der Waals surface area contributed by atoms with Crippen molar-refractivity contribution in [1.29, 1.82) is 0 Å². The van der Waals surface area contributed by atoms with Crippen molar-refractivity contribution in [2.24, 2.45) is 11.7 Å². The van der Waals surface area contributed by atoms with Gasteiger partial charge in [0.1, 0.15) is 17.5 Å². The zero-order valence-corrected chi connectivity index (χ0v) is 19.9. The smallest absolute Gasteiger partial charge is 0.257 e. The number of nitrogens with two attached hydrogens (primary N) is 1. The van der Waals surface area contributed by atoms with Crippen LogP contribution in [0.25, 0.3) is 5.57 Å². The minimum Gasteiger partial charge on any atom is -0.456 e. The van der Waals surface area contributed by atoms with Crippen molar-refractivity contribution in [3.05, 3.63) is 78.0 Å². The van der Waals surface area contributed by atoms with Gasteiger partial charge in [-0.3, -0.25) is 15.0 Å². The zero-order valence-electron chi connectivity index (χ0n) is 19.2. The van der Waals surface area contributed by atoms with Crippen LogP contribution in [0.1, 0.15) is 18.4 Å². The average molecular weight is 494 g/mol. The fraction of sp³-hybridized carbons (Fsp3) is 0.308. The molecule has 3 unspecified atom stereocenters. The Morgan fingerprint density at radius 1 is 1.20 bits per heavy atom. The third-order valence-corrected chi connectivity index (χ3v) is 7.20. The molecule has 2 saturated heterocycles. The minimum absolute atomic E-state index is 0.0107. The third kappa shape index (κ3) is 4.52. The number of nitrogens with one attached hydrogen (secondary N) is 2. The molecule has 3 heterocycles. The molecule has 0 radical (unpaired) electrons. The fourth-order valence-electron chi connectivity index (χ4n) is 5.19. The number of rotatable bonds is 5. The van der Waals surface area contributed by atoms with Crippen molar-refractivity contribution in [1.82, 2.24) is 20.7 Å². The molecule has 0 spiro atoms. The summed E-state index contributed by atoms with van der Waals surface area (Å²) in [6, 6.07) is 14.6. The molecule has 2 fully saturated rings. The molecular weight excluding hydrogens is 466 g/mol. The number of ether oxygens (including phenoxy) is 1. The van der Waals surface area contributed by atoms with E-state index in [0.717, 1.165) is 24.0 Å². The molecule has 2 aromatic carbocycles. The van der Waals surface area contributed by atoms with Crippen molar-refractivity contribution in [2.45, 2.75) is 31.1 Å². The van der Waals surface area contributed by atoms with Gasteiger partial charge in [0.2, 0.25) is 5.91 Å². The van der Waals surface area contributed by atoms with Gasteiger partial charge in [-0.05, 0) is 54.3 Å². The van der Waals surface area contributed by atoms with Crippen molar-refractivity contribution < 1.29 is 14.3 Å². The molecule has 9 heteroatoms. The van der Waals surface area contributed by atoms with E-state index in [0.29, 0.717) is 29.6 Å². The van der Waals surface area contributed by atoms with Crippen LogP contribution in [0.4, 0.5) is 0 Å². The Bertz CT molecular complexity index is 1170. The topological polar surface area (TPSA) is 99.9 Å². The third-order valence-electron chi connectivity index (χ3n) is 6.88. The first-order chi connectivity index (χ1) is 17.0. The highest BCUT2D eigenvalue weighted by Crippen LogP contribution is 2.41. The molecule has 2 aromatic rings. The van der Waals surface area contributed by atoms with Gasteiger partial charge in [-0.1, -0.05) is 42.4 Å². The summed E-state index contributed by atoms with van der Waals surface area (Å²) >= 11 is 6.22. The Kier molecular flexibility index (Phi) is 6.51. The maximum atomic E-state index is 13.0. The molecule has 0 bridgehead atoms. The molecule has 3 aliphatic heterocycles. The molecule has 182 valence electrons. The second kappa shape index (κ2) is 9.73. The standard InChI is InChI=1S/C26H28ClN5O3/c1-2-22(33)31-13-5-6-17(14-31)32-15-19(23-24(32)26(34)30-29-25(23)28)16-9-11-18(12-10-16)35-21-8-4-3-7-20(21)27/h2-4,7-12,15,17,23-25,29H,1,5-6,13-14,28H2,(H,30,34)/t17-,23?,24?,25?/m1/s1. The summed E-state index contributed by atoms with van der Waals surface area (Å²) in [6.45, 7) is 4.85. The van der Waals surface area contributed by atoms with Crippen LogP contribution in [0.15, 0.2) is 67.4 Å². The first-order valence-electron chi connectivity index (χ1n) is 11.7. The quantitative estimate of drug-likeness (QED) is 0.554. The molecule has 3 aliphatic rings. The fourth-order valence-corrected chi connectivity index (χ4v) is 5.36. The number of hydrogen-bond donors (Lipinski definition) is 3. The zero-order chi connectivity index (χ0) is 24.5. The van der Waals surface area contributed by atoms with E-state index in [-0.39, 0.29) is 23.8 Å². The van der Waals surface area contributed by atoms with Crippen LogP contribution in [0.3, 0.4) is 0 Å². The number of likely N-dealkylation sites (tertiary alicyclic amines) is 1. The lowest BCUT2D eigenvalue weighted by Gasteiger charge is -2.43. The van der Waals surface area contributed by atoms with E-state index in [4.69, 9.17) is 22.1 Å². The molecule has 0 saturated carbocycles. The van der Waals surface area contributed by atoms with Gasteiger partial charge in [-0.25, -0.2) is 5.43 Å². The van der Waals surface area contributed by atoms with Gasteiger partial charge < -0.3 is 20.3 Å². The molecule has 4 N–H and O–H groups in total. The number of carbonyl (C=O) groups excluding carboxylic acids is 2. The maximum absolute atomic E-state index is 13.0. The van der Waals surface area contributed by atoms with Gasteiger partial charge in [0.15, 0.2) is 0 Å². The van der Waals surface area contributed by atoms with Gasteiger partial charge in [-0.2, -0.15) is 0 Å². The number of benzene rings is 2. The number of piperidine rings is 1. The first-order valence-corrected chi connectivity index (χ1v) is 12.1. The van der Waals surface area contributed by atoms with Gasteiger partial charge in [0.25, 0.3) is 5.91 Å². The van der Waals surface area contributed by atoms with E-state index in [9.17, 15) is 9.59 Å². The Morgan fingerprint density at radius 3 is 2.71 bits per heavy atom. The summed E-state index contributed by atoms with van der Waals surface area (Å²) < 4.78 is 5.92. The van der Waals surface area contributed by atoms with Crippen LogP contribution in [0.2, 0.25) is 5.02 Å². The van der Waals surface area contributed by atoms with E-state index < -0.39 is 12.2 Å². The largest absolute Gasteiger partial charge is 0.456 e.